The molecule has 0 bridgehead atoms. The van der Waals surface area contributed by atoms with Gasteiger partial charge < -0.3 is 10.2 Å². The van der Waals surface area contributed by atoms with Gasteiger partial charge in [0.15, 0.2) is 0 Å². The van der Waals surface area contributed by atoms with Crippen LogP contribution in [-0.4, -0.2) is 45.2 Å². The highest BCUT2D eigenvalue weighted by molar-refractivity contribution is 7.92. The molecule has 5 nitrogen and oxygen atoms in total. The van der Waals surface area contributed by atoms with Crippen LogP contribution in [0.1, 0.15) is 25.3 Å². The van der Waals surface area contributed by atoms with Crippen LogP contribution in [0.5, 0.6) is 0 Å². The molecule has 0 saturated carbocycles. The van der Waals surface area contributed by atoms with Gasteiger partial charge in [0, 0.05) is 24.8 Å². The Bertz CT molecular complexity index is 579. The van der Waals surface area contributed by atoms with E-state index in [-0.39, 0.29) is 0 Å². The summed E-state index contributed by atoms with van der Waals surface area (Å²) >= 11 is 0. The van der Waals surface area contributed by atoms with Gasteiger partial charge in [0.2, 0.25) is 10.0 Å². The highest BCUT2D eigenvalue weighted by atomic mass is 32.2. The molecule has 118 valence electrons. The molecule has 0 aliphatic carbocycles. The van der Waals surface area contributed by atoms with Gasteiger partial charge in [0.05, 0.1) is 11.9 Å². The lowest BCUT2D eigenvalue weighted by atomic mass is 10.0. The van der Waals surface area contributed by atoms with E-state index in [0.29, 0.717) is 11.7 Å². The molecule has 1 aromatic rings. The first-order chi connectivity index (χ1) is 9.87. The van der Waals surface area contributed by atoms with Crippen molar-refractivity contribution in [3.05, 3.63) is 23.8 Å². The third-order valence-electron chi connectivity index (χ3n) is 3.93. The zero-order valence-corrected chi connectivity index (χ0v) is 13.8. The highest BCUT2D eigenvalue weighted by Crippen LogP contribution is 2.23. The van der Waals surface area contributed by atoms with Crippen molar-refractivity contribution in [2.75, 3.05) is 35.9 Å². The van der Waals surface area contributed by atoms with E-state index in [4.69, 9.17) is 0 Å². The number of anilines is 2. The van der Waals surface area contributed by atoms with Crippen LogP contribution < -0.4 is 10.0 Å². The Kier molecular flexibility index (Phi) is 5.11. The first kappa shape index (κ1) is 16.1. The molecule has 0 amide bonds. The fourth-order valence-electron chi connectivity index (χ4n) is 2.70. The Balaban J connectivity index is 1.97. The van der Waals surface area contributed by atoms with Gasteiger partial charge in [-0.3, -0.25) is 4.72 Å². The zero-order chi connectivity index (χ0) is 15.5. The lowest BCUT2D eigenvalue weighted by Crippen LogP contribution is -2.38. The molecule has 1 aliphatic heterocycles. The van der Waals surface area contributed by atoms with Gasteiger partial charge in [-0.05, 0) is 50.1 Å². The molecule has 1 saturated heterocycles. The molecule has 1 aliphatic rings. The Labute approximate surface area is 127 Å². The van der Waals surface area contributed by atoms with Crippen molar-refractivity contribution >= 4 is 21.4 Å². The Morgan fingerprint density at radius 2 is 1.95 bits per heavy atom. The van der Waals surface area contributed by atoms with Crippen LogP contribution in [0.3, 0.4) is 0 Å². The molecule has 2 rings (SSSR count). The first-order valence-electron chi connectivity index (χ1n) is 7.44. The summed E-state index contributed by atoms with van der Waals surface area (Å²) < 4.78 is 25.1. The molecule has 0 spiro atoms. The lowest BCUT2D eigenvalue weighted by molar-refractivity contribution is 0.229. The number of benzene rings is 1. The predicted octanol–water partition coefficient (Wildman–Crippen LogP) is 2.26. The fraction of sp³-hybridized carbons (Fsp3) is 0.600. The van der Waals surface area contributed by atoms with Gasteiger partial charge in [0.1, 0.15) is 0 Å². The van der Waals surface area contributed by atoms with Gasteiger partial charge in [-0.1, -0.05) is 6.92 Å². The SMILES string of the molecule is CCN1CCC(Nc2ccc(NS(C)(=O)=O)c(C)c2)CC1. The van der Waals surface area contributed by atoms with Crippen LogP contribution in [0.4, 0.5) is 11.4 Å². The molecular weight excluding hydrogens is 286 g/mol. The number of aryl methyl sites for hydroxylation is 1. The smallest absolute Gasteiger partial charge is 0.229 e. The highest BCUT2D eigenvalue weighted by Gasteiger charge is 2.17. The van der Waals surface area contributed by atoms with Crippen LogP contribution in [0.2, 0.25) is 0 Å². The quantitative estimate of drug-likeness (QED) is 0.875. The summed E-state index contributed by atoms with van der Waals surface area (Å²) in [5, 5.41) is 3.55. The molecule has 0 aromatic heterocycles. The van der Waals surface area contributed by atoms with Crippen molar-refractivity contribution in [2.24, 2.45) is 0 Å². The van der Waals surface area contributed by atoms with Crippen LogP contribution in [0, 0.1) is 6.92 Å². The number of hydrogen-bond donors (Lipinski definition) is 2. The summed E-state index contributed by atoms with van der Waals surface area (Å²) in [7, 11) is -3.22. The number of hydrogen-bond acceptors (Lipinski definition) is 4. The second-order valence-corrected chi connectivity index (χ2v) is 7.51. The maximum absolute atomic E-state index is 11.3. The summed E-state index contributed by atoms with van der Waals surface area (Å²) in [6, 6.07) is 6.26. The fourth-order valence-corrected chi connectivity index (χ4v) is 3.33. The van der Waals surface area contributed by atoms with E-state index in [1.807, 2.05) is 25.1 Å². The molecule has 1 heterocycles. The van der Waals surface area contributed by atoms with E-state index in [1.165, 1.54) is 6.26 Å². The van der Waals surface area contributed by atoms with Crippen molar-refractivity contribution < 1.29 is 8.42 Å². The molecule has 0 unspecified atom stereocenters. The molecule has 21 heavy (non-hydrogen) atoms. The van der Waals surface area contributed by atoms with Crippen molar-refractivity contribution in [1.82, 2.24) is 4.90 Å². The van der Waals surface area contributed by atoms with Crippen molar-refractivity contribution in [3.63, 3.8) is 0 Å². The standard InChI is InChI=1S/C15H25N3O2S/c1-4-18-9-7-13(8-10-18)16-14-5-6-15(12(2)11-14)17-21(3,19)20/h5-6,11,13,16-17H,4,7-10H2,1-3H3. The summed E-state index contributed by atoms with van der Waals surface area (Å²) in [6.07, 6.45) is 3.46. The lowest BCUT2D eigenvalue weighted by Gasteiger charge is -2.32. The Morgan fingerprint density at radius 1 is 1.29 bits per heavy atom. The summed E-state index contributed by atoms with van der Waals surface area (Å²) in [6.45, 7) is 7.52. The van der Waals surface area contributed by atoms with Crippen molar-refractivity contribution in [2.45, 2.75) is 32.7 Å². The van der Waals surface area contributed by atoms with Gasteiger partial charge in [-0.15, -0.1) is 0 Å². The minimum absolute atomic E-state index is 0.501. The Morgan fingerprint density at radius 3 is 2.48 bits per heavy atom. The van der Waals surface area contributed by atoms with Gasteiger partial charge in [0.25, 0.3) is 0 Å². The first-order valence-corrected chi connectivity index (χ1v) is 9.34. The molecular formula is C15H25N3O2S. The summed E-state index contributed by atoms with van der Waals surface area (Å²) in [5.41, 5.74) is 2.63. The zero-order valence-electron chi connectivity index (χ0n) is 13.0. The van der Waals surface area contributed by atoms with E-state index in [1.54, 1.807) is 0 Å². The van der Waals surface area contributed by atoms with E-state index >= 15 is 0 Å². The van der Waals surface area contributed by atoms with E-state index in [9.17, 15) is 8.42 Å². The molecule has 0 radical (unpaired) electrons. The number of nitrogens with one attached hydrogen (secondary N) is 2. The summed E-state index contributed by atoms with van der Waals surface area (Å²) in [4.78, 5) is 2.46. The normalized spacial score (nSPS) is 17.7. The number of piperidine rings is 1. The molecule has 2 N–H and O–H groups in total. The minimum Gasteiger partial charge on any atom is -0.382 e. The van der Waals surface area contributed by atoms with Crippen LogP contribution in [0.25, 0.3) is 0 Å². The number of likely N-dealkylation sites (tertiary alicyclic amines) is 1. The monoisotopic (exact) mass is 311 g/mol. The molecule has 0 atom stereocenters. The van der Waals surface area contributed by atoms with Crippen molar-refractivity contribution in [1.29, 1.82) is 0 Å². The third-order valence-corrected chi connectivity index (χ3v) is 4.52. The van der Waals surface area contributed by atoms with E-state index in [2.05, 4.69) is 21.9 Å². The molecule has 1 fully saturated rings. The predicted molar refractivity (Wildman–Crippen MR) is 88.4 cm³/mol. The number of sulfonamides is 1. The van der Waals surface area contributed by atoms with Gasteiger partial charge >= 0.3 is 0 Å². The summed E-state index contributed by atoms with van der Waals surface area (Å²) in [5.74, 6) is 0. The average Bonchev–Trinajstić information content (AvgIpc) is 2.41. The van der Waals surface area contributed by atoms with Crippen LogP contribution in [0.15, 0.2) is 18.2 Å². The third kappa shape index (κ3) is 4.89. The maximum atomic E-state index is 11.3. The van der Waals surface area contributed by atoms with Gasteiger partial charge in [-0.25, -0.2) is 8.42 Å². The van der Waals surface area contributed by atoms with Crippen molar-refractivity contribution in [3.8, 4) is 0 Å². The second kappa shape index (κ2) is 6.66. The van der Waals surface area contributed by atoms with E-state index < -0.39 is 10.0 Å². The molecule has 6 heteroatoms. The van der Waals surface area contributed by atoms with Gasteiger partial charge in [-0.2, -0.15) is 0 Å². The minimum atomic E-state index is -3.22. The largest absolute Gasteiger partial charge is 0.382 e. The maximum Gasteiger partial charge on any atom is 0.229 e. The van der Waals surface area contributed by atoms with Crippen LogP contribution >= 0.6 is 0 Å². The number of rotatable bonds is 5. The van der Waals surface area contributed by atoms with E-state index in [0.717, 1.165) is 43.7 Å². The molecule has 1 aromatic carbocycles. The van der Waals surface area contributed by atoms with Crippen LogP contribution in [-0.2, 0) is 10.0 Å². The second-order valence-electron chi connectivity index (χ2n) is 5.76. The average molecular weight is 311 g/mol. The Hall–Kier alpha value is -1.27. The number of nitrogens with zero attached hydrogens (tertiary/aromatic N) is 1. The topological polar surface area (TPSA) is 61.4 Å².